The smallest absolute Gasteiger partial charge is 0.322 e. The van der Waals surface area contributed by atoms with Crippen LogP contribution < -0.4 is 5.32 Å². The lowest BCUT2D eigenvalue weighted by Crippen LogP contribution is -2.35. The van der Waals surface area contributed by atoms with E-state index in [2.05, 4.69) is 20.6 Å². The summed E-state index contributed by atoms with van der Waals surface area (Å²) in [5, 5.41) is 15.7. The summed E-state index contributed by atoms with van der Waals surface area (Å²) in [6, 6.07) is 6.96. The molecule has 29 heavy (non-hydrogen) atoms. The van der Waals surface area contributed by atoms with E-state index < -0.39 is 0 Å². The number of ether oxygens (including phenoxy) is 1. The Bertz CT molecular complexity index is 941. The second-order valence-electron chi connectivity index (χ2n) is 6.32. The zero-order chi connectivity index (χ0) is 20.6. The number of hydrogen-bond acceptors (Lipinski definition) is 6. The van der Waals surface area contributed by atoms with E-state index in [9.17, 15) is 4.79 Å². The van der Waals surface area contributed by atoms with E-state index in [0.29, 0.717) is 47.8 Å². The zero-order valence-electron chi connectivity index (χ0n) is 16.3. The van der Waals surface area contributed by atoms with E-state index in [4.69, 9.17) is 20.8 Å². The van der Waals surface area contributed by atoms with Crippen molar-refractivity contribution in [2.24, 2.45) is 0 Å². The number of benzene rings is 1. The van der Waals surface area contributed by atoms with Gasteiger partial charge < -0.3 is 19.4 Å². The lowest BCUT2D eigenvalue weighted by Gasteiger charge is -2.20. The van der Waals surface area contributed by atoms with E-state index in [1.54, 1.807) is 41.2 Å². The van der Waals surface area contributed by atoms with Crippen molar-refractivity contribution < 1.29 is 13.9 Å². The topological polar surface area (TPSA) is 98.3 Å². The minimum Gasteiger partial charge on any atom is -0.419 e. The highest BCUT2D eigenvalue weighted by atomic mass is 35.5. The first-order chi connectivity index (χ1) is 14.1. The van der Waals surface area contributed by atoms with Gasteiger partial charge in [0.25, 0.3) is 0 Å². The summed E-state index contributed by atoms with van der Waals surface area (Å²) < 4.78 is 12.4. The summed E-state index contributed by atoms with van der Waals surface area (Å²) in [5.74, 6) is 0.654. The number of hydrogen-bond donors (Lipinski definition) is 1. The Kier molecular flexibility index (Phi) is 7.20. The molecule has 0 aliphatic heterocycles. The molecule has 154 valence electrons. The van der Waals surface area contributed by atoms with Crippen LogP contribution in [-0.2, 0) is 17.8 Å². The monoisotopic (exact) mass is 418 g/mol. The SMILES string of the molecule is CCCN(Cc1nnc(-c2ccccc2Cl)o1)C(=O)Nc1cnn(CCOC)c1. The van der Waals surface area contributed by atoms with Gasteiger partial charge in [-0.05, 0) is 18.6 Å². The highest BCUT2D eigenvalue weighted by Crippen LogP contribution is 2.26. The molecule has 0 unspecified atom stereocenters. The molecule has 0 fully saturated rings. The predicted molar refractivity (Wildman–Crippen MR) is 109 cm³/mol. The first-order valence-electron chi connectivity index (χ1n) is 9.25. The molecule has 0 bridgehead atoms. The van der Waals surface area contributed by atoms with Gasteiger partial charge in [-0.2, -0.15) is 5.10 Å². The molecule has 2 amide bonds. The fraction of sp³-hybridized carbons (Fsp3) is 0.368. The van der Waals surface area contributed by atoms with Crippen LogP contribution in [0.3, 0.4) is 0 Å². The second-order valence-corrected chi connectivity index (χ2v) is 6.72. The minimum absolute atomic E-state index is 0.189. The van der Waals surface area contributed by atoms with E-state index in [1.807, 2.05) is 19.1 Å². The third-order valence-corrected chi connectivity index (χ3v) is 4.42. The molecule has 1 aromatic carbocycles. The number of aromatic nitrogens is 4. The van der Waals surface area contributed by atoms with Crippen LogP contribution in [0.15, 0.2) is 41.1 Å². The molecule has 0 spiro atoms. The zero-order valence-corrected chi connectivity index (χ0v) is 17.1. The summed E-state index contributed by atoms with van der Waals surface area (Å²) in [7, 11) is 1.63. The summed E-state index contributed by atoms with van der Waals surface area (Å²) in [5.41, 5.74) is 1.26. The van der Waals surface area contributed by atoms with Crippen molar-refractivity contribution >= 4 is 23.3 Å². The molecule has 10 heteroatoms. The number of nitrogens with one attached hydrogen (secondary N) is 1. The van der Waals surface area contributed by atoms with Crippen LogP contribution in [0.1, 0.15) is 19.2 Å². The Balaban J connectivity index is 1.66. The Morgan fingerprint density at radius 2 is 2.17 bits per heavy atom. The number of urea groups is 1. The molecule has 1 N–H and O–H groups in total. The quantitative estimate of drug-likeness (QED) is 0.569. The maximum Gasteiger partial charge on any atom is 0.322 e. The van der Waals surface area contributed by atoms with Crippen LogP contribution in [0, 0.1) is 0 Å². The lowest BCUT2D eigenvalue weighted by atomic mass is 10.2. The van der Waals surface area contributed by atoms with Crippen LogP contribution in [-0.4, -0.2) is 51.2 Å². The highest BCUT2D eigenvalue weighted by molar-refractivity contribution is 6.33. The molecule has 0 aliphatic carbocycles. The average Bonchev–Trinajstić information content (AvgIpc) is 3.36. The van der Waals surface area contributed by atoms with Crippen molar-refractivity contribution in [2.75, 3.05) is 25.6 Å². The van der Waals surface area contributed by atoms with Gasteiger partial charge in [0.1, 0.15) is 6.54 Å². The number of rotatable bonds is 9. The molecule has 0 saturated heterocycles. The average molecular weight is 419 g/mol. The molecule has 2 heterocycles. The van der Waals surface area contributed by atoms with E-state index in [-0.39, 0.29) is 12.6 Å². The van der Waals surface area contributed by atoms with Gasteiger partial charge in [-0.1, -0.05) is 30.7 Å². The van der Waals surface area contributed by atoms with E-state index in [0.717, 1.165) is 6.42 Å². The van der Waals surface area contributed by atoms with Crippen LogP contribution in [0.25, 0.3) is 11.5 Å². The Hall–Kier alpha value is -2.91. The summed E-state index contributed by atoms with van der Waals surface area (Å²) in [6.45, 7) is 3.87. The molecule has 0 atom stereocenters. The largest absolute Gasteiger partial charge is 0.419 e. The van der Waals surface area contributed by atoms with Gasteiger partial charge in [-0.3, -0.25) is 4.68 Å². The number of methoxy groups -OCH3 is 1. The molecule has 9 nitrogen and oxygen atoms in total. The number of anilines is 1. The third kappa shape index (κ3) is 5.55. The first-order valence-corrected chi connectivity index (χ1v) is 9.63. The standard InChI is InChI=1S/C19H23ClN6O3/c1-3-8-25(19(27)22-14-11-21-26(12-14)9-10-28-2)13-17-23-24-18(29-17)15-6-4-5-7-16(15)20/h4-7,11-12H,3,8-10,13H2,1-2H3,(H,22,27). The molecule has 0 radical (unpaired) electrons. The van der Waals surface area contributed by atoms with Crippen LogP contribution in [0.4, 0.5) is 10.5 Å². The Labute approximate surface area is 173 Å². The third-order valence-electron chi connectivity index (χ3n) is 4.09. The van der Waals surface area contributed by atoms with Crippen molar-refractivity contribution in [3.8, 4) is 11.5 Å². The molecular weight excluding hydrogens is 396 g/mol. The number of carbonyl (C=O) groups excluding carboxylic acids is 1. The van der Waals surface area contributed by atoms with Crippen molar-refractivity contribution in [3.05, 3.63) is 47.6 Å². The fourth-order valence-corrected chi connectivity index (χ4v) is 2.90. The summed E-state index contributed by atoms with van der Waals surface area (Å²) in [4.78, 5) is 14.3. The number of halogens is 1. The minimum atomic E-state index is -0.268. The number of amides is 2. The van der Waals surface area contributed by atoms with Gasteiger partial charge in [0, 0.05) is 19.9 Å². The summed E-state index contributed by atoms with van der Waals surface area (Å²) in [6.07, 6.45) is 4.13. The first kappa shape index (κ1) is 20.8. The van der Waals surface area contributed by atoms with Gasteiger partial charge >= 0.3 is 6.03 Å². The second kappa shape index (κ2) is 10.0. The fourth-order valence-electron chi connectivity index (χ4n) is 2.68. The lowest BCUT2D eigenvalue weighted by molar-refractivity contribution is 0.183. The molecule has 3 aromatic rings. The van der Waals surface area contributed by atoms with Crippen molar-refractivity contribution in [1.82, 2.24) is 24.9 Å². The number of carbonyl (C=O) groups is 1. The van der Waals surface area contributed by atoms with Crippen molar-refractivity contribution in [2.45, 2.75) is 26.4 Å². The molecular formula is C19H23ClN6O3. The van der Waals surface area contributed by atoms with Gasteiger partial charge in [0.15, 0.2) is 0 Å². The predicted octanol–water partition coefficient (Wildman–Crippen LogP) is 3.68. The molecule has 0 saturated carbocycles. The molecule has 2 aromatic heterocycles. The maximum absolute atomic E-state index is 12.7. The summed E-state index contributed by atoms with van der Waals surface area (Å²) >= 11 is 6.18. The normalized spacial score (nSPS) is 10.9. The van der Waals surface area contributed by atoms with E-state index >= 15 is 0 Å². The van der Waals surface area contributed by atoms with E-state index in [1.165, 1.54) is 0 Å². The van der Waals surface area contributed by atoms with Crippen LogP contribution in [0.5, 0.6) is 0 Å². The van der Waals surface area contributed by atoms with Crippen molar-refractivity contribution in [1.29, 1.82) is 0 Å². The highest BCUT2D eigenvalue weighted by Gasteiger charge is 2.19. The van der Waals surface area contributed by atoms with Gasteiger partial charge in [-0.15, -0.1) is 10.2 Å². The van der Waals surface area contributed by atoms with Crippen LogP contribution >= 0.6 is 11.6 Å². The van der Waals surface area contributed by atoms with Crippen molar-refractivity contribution in [3.63, 3.8) is 0 Å². The Morgan fingerprint density at radius 3 is 2.93 bits per heavy atom. The van der Waals surface area contributed by atoms with Crippen LogP contribution in [0.2, 0.25) is 5.02 Å². The maximum atomic E-state index is 12.7. The Morgan fingerprint density at radius 1 is 1.34 bits per heavy atom. The number of nitrogens with zero attached hydrogens (tertiary/aromatic N) is 5. The van der Waals surface area contributed by atoms with Gasteiger partial charge in [0.05, 0.1) is 35.6 Å². The molecule has 3 rings (SSSR count). The van der Waals surface area contributed by atoms with Gasteiger partial charge in [0.2, 0.25) is 11.8 Å². The van der Waals surface area contributed by atoms with Gasteiger partial charge in [-0.25, -0.2) is 4.79 Å². The molecule has 0 aliphatic rings.